The Morgan fingerprint density at radius 3 is 2.62 bits per heavy atom. The van der Waals surface area contributed by atoms with Crippen molar-refractivity contribution in [2.24, 2.45) is 11.8 Å². The van der Waals surface area contributed by atoms with Crippen LogP contribution in [0.5, 0.6) is 0 Å². The summed E-state index contributed by atoms with van der Waals surface area (Å²) in [6.07, 6.45) is 2.48. The van der Waals surface area contributed by atoms with Gasteiger partial charge in [-0.25, -0.2) is 0 Å². The maximum absolute atomic E-state index is 12.4. The van der Waals surface area contributed by atoms with E-state index in [2.05, 4.69) is 28.5 Å². The number of hydrogen-bond acceptors (Lipinski definition) is 3. The first kappa shape index (κ1) is 16.1. The van der Waals surface area contributed by atoms with Gasteiger partial charge in [-0.2, -0.15) is 0 Å². The SMILES string of the molecule is C[C@@H]1CNC[C@H]1C(=O)Nc1ccccc1N1CCCC1.Cl. The summed E-state index contributed by atoms with van der Waals surface area (Å²) >= 11 is 0. The van der Waals surface area contributed by atoms with Crippen LogP contribution in [0.1, 0.15) is 19.8 Å². The van der Waals surface area contributed by atoms with Crippen LogP contribution in [0.3, 0.4) is 0 Å². The third-order valence-electron chi connectivity index (χ3n) is 4.46. The summed E-state index contributed by atoms with van der Waals surface area (Å²) in [6.45, 7) is 6.05. The van der Waals surface area contributed by atoms with E-state index in [1.807, 2.05) is 18.2 Å². The number of amides is 1. The van der Waals surface area contributed by atoms with Gasteiger partial charge in [0.2, 0.25) is 5.91 Å². The quantitative estimate of drug-likeness (QED) is 0.901. The second kappa shape index (κ2) is 7.14. The Hall–Kier alpha value is -1.26. The smallest absolute Gasteiger partial charge is 0.229 e. The third kappa shape index (κ3) is 3.50. The van der Waals surface area contributed by atoms with Crippen molar-refractivity contribution in [3.8, 4) is 0 Å². The molecule has 2 aliphatic rings. The van der Waals surface area contributed by atoms with E-state index in [-0.39, 0.29) is 24.2 Å². The highest BCUT2D eigenvalue weighted by Crippen LogP contribution is 2.29. The van der Waals surface area contributed by atoms with Crippen molar-refractivity contribution in [3.63, 3.8) is 0 Å². The van der Waals surface area contributed by atoms with Crippen LogP contribution in [0, 0.1) is 11.8 Å². The molecule has 1 aromatic rings. The number of carbonyl (C=O) groups is 1. The van der Waals surface area contributed by atoms with Gasteiger partial charge in [-0.1, -0.05) is 19.1 Å². The van der Waals surface area contributed by atoms with E-state index in [4.69, 9.17) is 0 Å². The molecule has 21 heavy (non-hydrogen) atoms. The molecule has 5 heteroatoms. The van der Waals surface area contributed by atoms with Crippen LogP contribution < -0.4 is 15.5 Å². The standard InChI is InChI=1S/C16H23N3O.ClH/c1-12-10-17-11-13(12)16(20)18-14-6-2-3-7-15(14)19-8-4-5-9-19;/h2-3,6-7,12-13,17H,4-5,8-11H2,1H3,(H,18,20);1H/t12-,13-;/m1./s1. The minimum atomic E-state index is 0. The molecular weight excluding hydrogens is 286 g/mol. The van der Waals surface area contributed by atoms with Gasteiger partial charge < -0.3 is 15.5 Å². The predicted molar refractivity (Wildman–Crippen MR) is 89.3 cm³/mol. The van der Waals surface area contributed by atoms with E-state index in [1.165, 1.54) is 12.8 Å². The number of nitrogens with one attached hydrogen (secondary N) is 2. The molecule has 1 amide bonds. The van der Waals surface area contributed by atoms with Crippen molar-refractivity contribution in [3.05, 3.63) is 24.3 Å². The molecule has 0 saturated carbocycles. The molecule has 2 N–H and O–H groups in total. The van der Waals surface area contributed by atoms with Crippen molar-refractivity contribution < 1.29 is 4.79 Å². The normalized spacial score (nSPS) is 24.7. The highest BCUT2D eigenvalue weighted by molar-refractivity contribution is 5.96. The minimum Gasteiger partial charge on any atom is -0.370 e. The van der Waals surface area contributed by atoms with Crippen molar-refractivity contribution in [1.29, 1.82) is 0 Å². The van der Waals surface area contributed by atoms with Gasteiger partial charge >= 0.3 is 0 Å². The molecular formula is C16H24ClN3O. The number of halogens is 1. The predicted octanol–water partition coefficient (Wildman–Crippen LogP) is 2.50. The Bertz CT molecular complexity index is 488. The third-order valence-corrected chi connectivity index (χ3v) is 4.46. The number of rotatable bonds is 3. The molecule has 2 fully saturated rings. The zero-order chi connectivity index (χ0) is 13.9. The second-order valence-corrected chi connectivity index (χ2v) is 5.94. The molecule has 1 aromatic carbocycles. The average molecular weight is 310 g/mol. The second-order valence-electron chi connectivity index (χ2n) is 5.94. The lowest BCUT2D eigenvalue weighted by Gasteiger charge is -2.22. The molecule has 116 valence electrons. The summed E-state index contributed by atoms with van der Waals surface area (Å²) in [5, 5.41) is 6.43. The van der Waals surface area contributed by atoms with Crippen LogP contribution in [0.4, 0.5) is 11.4 Å². The van der Waals surface area contributed by atoms with E-state index in [0.29, 0.717) is 5.92 Å². The largest absolute Gasteiger partial charge is 0.370 e. The molecule has 4 nitrogen and oxygen atoms in total. The summed E-state index contributed by atoms with van der Waals surface area (Å²) in [5.41, 5.74) is 2.12. The molecule has 2 aliphatic heterocycles. The molecule has 0 unspecified atom stereocenters. The Morgan fingerprint density at radius 2 is 1.95 bits per heavy atom. The first-order chi connectivity index (χ1) is 9.75. The van der Waals surface area contributed by atoms with Crippen molar-refractivity contribution in [2.45, 2.75) is 19.8 Å². The summed E-state index contributed by atoms with van der Waals surface area (Å²) in [6, 6.07) is 8.16. The Kier molecular flexibility index (Phi) is 5.48. The van der Waals surface area contributed by atoms with E-state index >= 15 is 0 Å². The van der Waals surface area contributed by atoms with Crippen LogP contribution in [-0.4, -0.2) is 32.1 Å². The first-order valence-corrected chi connectivity index (χ1v) is 7.61. The van der Waals surface area contributed by atoms with E-state index < -0.39 is 0 Å². The average Bonchev–Trinajstić information content (AvgIpc) is 3.10. The Morgan fingerprint density at radius 1 is 1.24 bits per heavy atom. The summed E-state index contributed by atoms with van der Waals surface area (Å²) in [4.78, 5) is 14.8. The summed E-state index contributed by atoms with van der Waals surface area (Å²) in [5.74, 6) is 0.643. The van der Waals surface area contributed by atoms with E-state index in [9.17, 15) is 4.79 Å². The molecule has 0 aliphatic carbocycles. The number of benzene rings is 1. The maximum Gasteiger partial charge on any atom is 0.229 e. The van der Waals surface area contributed by atoms with Crippen molar-refractivity contribution in [1.82, 2.24) is 5.32 Å². The molecule has 0 radical (unpaired) electrons. The van der Waals surface area contributed by atoms with Gasteiger partial charge in [-0.15, -0.1) is 12.4 Å². The Labute approximate surface area is 132 Å². The van der Waals surface area contributed by atoms with Gasteiger partial charge in [0, 0.05) is 19.6 Å². The van der Waals surface area contributed by atoms with Crippen LogP contribution in [0.15, 0.2) is 24.3 Å². The van der Waals surface area contributed by atoms with Crippen molar-refractivity contribution in [2.75, 3.05) is 36.4 Å². The molecule has 0 spiro atoms. The highest BCUT2D eigenvalue weighted by atomic mass is 35.5. The lowest BCUT2D eigenvalue weighted by Crippen LogP contribution is -2.29. The van der Waals surface area contributed by atoms with Gasteiger partial charge in [0.1, 0.15) is 0 Å². The number of nitrogens with zero attached hydrogens (tertiary/aromatic N) is 1. The molecule has 3 rings (SSSR count). The zero-order valence-electron chi connectivity index (χ0n) is 12.5. The van der Waals surface area contributed by atoms with Gasteiger partial charge in [-0.3, -0.25) is 4.79 Å². The Balaban J connectivity index is 0.00000161. The number of carbonyl (C=O) groups excluding carboxylic acids is 1. The minimum absolute atomic E-state index is 0. The van der Waals surface area contributed by atoms with E-state index in [0.717, 1.165) is 37.6 Å². The van der Waals surface area contributed by atoms with Crippen LogP contribution in [-0.2, 0) is 4.79 Å². The molecule has 0 aromatic heterocycles. The zero-order valence-corrected chi connectivity index (χ0v) is 13.3. The lowest BCUT2D eigenvalue weighted by atomic mass is 9.97. The summed E-state index contributed by atoms with van der Waals surface area (Å²) in [7, 11) is 0. The van der Waals surface area contributed by atoms with Crippen LogP contribution in [0.2, 0.25) is 0 Å². The number of hydrogen-bond donors (Lipinski definition) is 2. The number of para-hydroxylation sites is 2. The topological polar surface area (TPSA) is 44.4 Å². The fourth-order valence-corrected chi connectivity index (χ4v) is 3.20. The van der Waals surface area contributed by atoms with Gasteiger partial charge in [0.05, 0.1) is 17.3 Å². The van der Waals surface area contributed by atoms with Crippen molar-refractivity contribution >= 4 is 29.7 Å². The van der Waals surface area contributed by atoms with E-state index in [1.54, 1.807) is 0 Å². The molecule has 2 heterocycles. The van der Waals surface area contributed by atoms with Gasteiger partial charge in [0.25, 0.3) is 0 Å². The number of anilines is 2. The first-order valence-electron chi connectivity index (χ1n) is 7.61. The highest BCUT2D eigenvalue weighted by Gasteiger charge is 2.30. The van der Waals surface area contributed by atoms with Crippen LogP contribution >= 0.6 is 12.4 Å². The van der Waals surface area contributed by atoms with Gasteiger partial charge in [0.15, 0.2) is 0 Å². The van der Waals surface area contributed by atoms with Gasteiger partial charge in [-0.05, 0) is 37.4 Å². The fraction of sp³-hybridized carbons (Fsp3) is 0.562. The molecule has 2 atom stereocenters. The fourth-order valence-electron chi connectivity index (χ4n) is 3.20. The molecule has 2 saturated heterocycles. The molecule has 0 bridgehead atoms. The summed E-state index contributed by atoms with van der Waals surface area (Å²) < 4.78 is 0. The monoisotopic (exact) mass is 309 g/mol. The maximum atomic E-state index is 12.4. The van der Waals surface area contributed by atoms with Crippen LogP contribution in [0.25, 0.3) is 0 Å². The lowest BCUT2D eigenvalue weighted by molar-refractivity contribution is -0.120.